The molecule has 0 spiro atoms. The molecule has 0 aliphatic rings. The molecule has 0 saturated carbocycles. The molecular weight excluding hydrogens is 194 g/mol. The number of H-pyrrole nitrogens is 1. The van der Waals surface area contributed by atoms with E-state index in [1.807, 2.05) is 6.92 Å². The van der Waals surface area contributed by atoms with E-state index in [-0.39, 0.29) is 12.5 Å². The molecule has 1 amide bonds. The lowest BCUT2D eigenvalue weighted by Crippen LogP contribution is -2.24. The van der Waals surface area contributed by atoms with Crippen molar-refractivity contribution in [2.24, 2.45) is 0 Å². The van der Waals surface area contributed by atoms with Gasteiger partial charge in [0.15, 0.2) is 0 Å². The van der Waals surface area contributed by atoms with Gasteiger partial charge in [0.25, 0.3) is 5.91 Å². The standard InChI is InChI=1S/C10H17N3O2/c1-8-7-9(13-12-8)10(15)11-5-3-2-4-6-14/h7,14H,2-6H2,1H3,(H,11,15)(H,12,13). The van der Waals surface area contributed by atoms with E-state index < -0.39 is 0 Å². The number of rotatable bonds is 6. The van der Waals surface area contributed by atoms with Crippen LogP contribution >= 0.6 is 0 Å². The number of aryl methyl sites for hydroxylation is 1. The van der Waals surface area contributed by atoms with Gasteiger partial charge in [-0.05, 0) is 32.3 Å². The third-order valence-corrected chi connectivity index (χ3v) is 2.06. The number of nitrogens with one attached hydrogen (secondary N) is 2. The molecule has 0 atom stereocenters. The third kappa shape index (κ3) is 4.12. The molecule has 1 rings (SSSR count). The summed E-state index contributed by atoms with van der Waals surface area (Å²) in [6.45, 7) is 2.70. The molecule has 0 radical (unpaired) electrons. The summed E-state index contributed by atoms with van der Waals surface area (Å²) in [6, 6.07) is 1.71. The lowest BCUT2D eigenvalue weighted by atomic mass is 10.2. The predicted octanol–water partition coefficient (Wildman–Crippen LogP) is 0.611. The van der Waals surface area contributed by atoms with E-state index in [0.717, 1.165) is 25.0 Å². The van der Waals surface area contributed by atoms with E-state index in [1.165, 1.54) is 0 Å². The second-order valence-corrected chi connectivity index (χ2v) is 3.48. The fourth-order valence-corrected chi connectivity index (χ4v) is 1.24. The summed E-state index contributed by atoms with van der Waals surface area (Å²) in [5, 5.41) is 17.9. The summed E-state index contributed by atoms with van der Waals surface area (Å²) in [5.74, 6) is -0.150. The number of unbranched alkanes of at least 4 members (excludes halogenated alkanes) is 2. The minimum Gasteiger partial charge on any atom is -0.396 e. The van der Waals surface area contributed by atoms with Crippen molar-refractivity contribution in [1.29, 1.82) is 0 Å². The highest BCUT2D eigenvalue weighted by atomic mass is 16.2. The Labute approximate surface area is 88.9 Å². The molecule has 84 valence electrons. The highest BCUT2D eigenvalue weighted by Crippen LogP contribution is 1.98. The Morgan fingerprint density at radius 2 is 2.33 bits per heavy atom. The van der Waals surface area contributed by atoms with Crippen molar-refractivity contribution < 1.29 is 9.90 Å². The average molecular weight is 211 g/mol. The molecular formula is C10H17N3O2. The normalized spacial score (nSPS) is 10.3. The van der Waals surface area contributed by atoms with Crippen LogP contribution in [0.2, 0.25) is 0 Å². The van der Waals surface area contributed by atoms with E-state index >= 15 is 0 Å². The average Bonchev–Trinajstić information content (AvgIpc) is 2.64. The van der Waals surface area contributed by atoms with Gasteiger partial charge >= 0.3 is 0 Å². The summed E-state index contributed by atoms with van der Waals surface area (Å²) in [5.41, 5.74) is 1.30. The van der Waals surface area contributed by atoms with E-state index in [0.29, 0.717) is 12.2 Å². The summed E-state index contributed by atoms with van der Waals surface area (Å²) in [7, 11) is 0. The first-order valence-corrected chi connectivity index (χ1v) is 5.15. The minimum atomic E-state index is -0.150. The molecule has 0 bridgehead atoms. The molecule has 0 unspecified atom stereocenters. The van der Waals surface area contributed by atoms with Crippen LogP contribution in [0.5, 0.6) is 0 Å². The van der Waals surface area contributed by atoms with Crippen LogP contribution in [0, 0.1) is 6.92 Å². The summed E-state index contributed by atoms with van der Waals surface area (Å²) in [4.78, 5) is 11.4. The molecule has 5 nitrogen and oxygen atoms in total. The second kappa shape index (κ2) is 6.19. The van der Waals surface area contributed by atoms with Crippen molar-refractivity contribution in [3.63, 3.8) is 0 Å². The maximum absolute atomic E-state index is 11.4. The van der Waals surface area contributed by atoms with Gasteiger partial charge in [-0.2, -0.15) is 5.10 Å². The molecule has 0 aromatic carbocycles. The summed E-state index contributed by atoms with van der Waals surface area (Å²) >= 11 is 0. The van der Waals surface area contributed by atoms with Gasteiger partial charge in [0.1, 0.15) is 5.69 Å². The number of aliphatic hydroxyl groups is 1. The highest BCUT2D eigenvalue weighted by Gasteiger charge is 2.07. The maximum atomic E-state index is 11.4. The molecule has 1 heterocycles. The number of aromatic nitrogens is 2. The molecule has 15 heavy (non-hydrogen) atoms. The number of carbonyl (C=O) groups is 1. The lowest BCUT2D eigenvalue weighted by molar-refractivity contribution is 0.0948. The number of carbonyl (C=O) groups excluding carboxylic acids is 1. The molecule has 0 aliphatic heterocycles. The van der Waals surface area contributed by atoms with Crippen LogP contribution in [0.1, 0.15) is 35.4 Å². The van der Waals surface area contributed by atoms with E-state index in [4.69, 9.17) is 5.11 Å². The van der Waals surface area contributed by atoms with Gasteiger partial charge in [0, 0.05) is 18.8 Å². The number of aliphatic hydroxyl groups excluding tert-OH is 1. The van der Waals surface area contributed by atoms with Crippen molar-refractivity contribution in [2.75, 3.05) is 13.2 Å². The molecule has 1 aromatic rings. The van der Waals surface area contributed by atoms with Gasteiger partial charge in [-0.3, -0.25) is 9.89 Å². The van der Waals surface area contributed by atoms with Crippen LogP contribution in [-0.4, -0.2) is 34.4 Å². The molecule has 0 saturated heterocycles. The molecule has 0 aliphatic carbocycles. The maximum Gasteiger partial charge on any atom is 0.271 e. The Balaban J connectivity index is 2.19. The van der Waals surface area contributed by atoms with Crippen LogP contribution < -0.4 is 5.32 Å². The van der Waals surface area contributed by atoms with Gasteiger partial charge in [-0.25, -0.2) is 0 Å². The molecule has 3 N–H and O–H groups in total. The van der Waals surface area contributed by atoms with Gasteiger partial charge in [-0.1, -0.05) is 0 Å². The quantitative estimate of drug-likeness (QED) is 0.603. The Morgan fingerprint density at radius 1 is 1.53 bits per heavy atom. The Hall–Kier alpha value is -1.36. The number of amides is 1. The largest absolute Gasteiger partial charge is 0.396 e. The monoisotopic (exact) mass is 211 g/mol. The molecule has 5 heteroatoms. The number of nitrogens with zero attached hydrogens (tertiary/aromatic N) is 1. The fourth-order valence-electron chi connectivity index (χ4n) is 1.24. The first-order valence-electron chi connectivity index (χ1n) is 5.15. The summed E-state index contributed by atoms with van der Waals surface area (Å²) in [6.07, 6.45) is 2.60. The van der Waals surface area contributed by atoms with Crippen LogP contribution in [0.4, 0.5) is 0 Å². The predicted molar refractivity (Wildman–Crippen MR) is 56.6 cm³/mol. The number of hydrogen-bond acceptors (Lipinski definition) is 3. The van der Waals surface area contributed by atoms with E-state index in [1.54, 1.807) is 6.07 Å². The van der Waals surface area contributed by atoms with Gasteiger partial charge < -0.3 is 10.4 Å². The first kappa shape index (κ1) is 11.7. The molecule has 0 fully saturated rings. The van der Waals surface area contributed by atoms with Gasteiger partial charge in [0.2, 0.25) is 0 Å². The molecule has 1 aromatic heterocycles. The van der Waals surface area contributed by atoms with Gasteiger partial charge in [0.05, 0.1) is 0 Å². The van der Waals surface area contributed by atoms with Crippen LogP contribution in [0.15, 0.2) is 6.07 Å². The SMILES string of the molecule is Cc1cc(C(=O)NCCCCCO)n[nH]1. The Bertz CT molecular complexity index is 309. The fraction of sp³-hybridized carbons (Fsp3) is 0.600. The summed E-state index contributed by atoms with van der Waals surface area (Å²) < 4.78 is 0. The number of hydrogen-bond donors (Lipinski definition) is 3. The Kier molecular flexibility index (Phi) is 4.83. The second-order valence-electron chi connectivity index (χ2n) is 3.48. The van der Waals surface area contributed by atoms with Crippen molar-refractivity contribution in [2.45, 2.75) is 26.2 Å². The van der Waals surface area contributed by atoms with Gasteiger partial charge in [-0.15, -0.1) is 0 Å². The Morgan fingerprint density at radius 3 is 2.93 bits per heavy atom. The smallest absolute Gasteiger partial charge is 0.271 e. The van der Waals surface area contributed by atoms with Crippen LogP contribution in [0.25, 0.3) is 0 Å². The van der Waals surface area contributed by atoms with E-state index in [9.17, 15) is 4.79 Å². The third-order valence-electron chi connectivity index (χ3n) is 2.06. The van der Waals surface area contributed by atoms with Crippen LogP contribution in [-0.2, 0) is 0 Å². The van der Waals surface area contributed by atoms with Crippen molar-refractivity contribution in [3.05, 3.63) is 17.5 Å². The zero-order valence-corrected chi connectivity index (χ0v) is 8.92. The number of aromatic amines is 1. The van der Waals surface area contributed by atoms with Crippen LogP contribution in [0.3, 0.4) is 0 Å². The van der Waals surface area contributed by atoms with E-state index in [2.05, 4.69) is 15.5 Å². The zero-order chi connectivity index (χ0) is 11.1. The lowest BCUT2D eigenvalue weighted by Gasteiger charge is -2.01. The topological polar surface area (TPSA) is 78.0 Å². The van der Waals surface area contributed by atoms with Crippen molar-refractivity contribution >= 4 is 5.91 Å². The minimum absolute atomic E-state index is 0.150. The zero-order valence-electron chi connectivity index (χ0n) is 8.92. The highest BCUT2D eigenvalue weighted by molar-refractivity contribution is 5.92. The van der Waals surface area contributed by atoms with Crippen molar-refractivity contribution in [1.82, 2.24) is 15.5 Å². The first-order chi connectivity index (χ1) is 7.24. The van der Waals surface area contributed by atoms with Crippen molar-refractivity contribution in [3.8, 4) is 0 Å².